The van der Waals surface area contributed by atoms with E-state index in [2.05, 4.69) is 5.32 Å². The Kier molecular flexibility index (Phi) is 4.68. The Hall–Kier alpha value is -1.85. The topological polar surface area (TPSA) is 55.4 Å². The molecular formula is C17H16ClNO3S. The largest absolute Gasteiger partial charge is 0.462 e. The molecule has 2 aromatic rings. The van der Waals surface area contributed by atoms with Gasteiger partial charge in [0.25, 0.3) is 5.91 Å². The minimum Gasteiger partial charge on any atom is -0.462 e. The zero-order chi connectivity index (χ0) is 16.4. The summed E-state index contributed by atoms with van der Waals surface area (Å²) in [6.07, 6.45) is 2.84. The van der Waals surface area contributed by atoms with E-state index < -0.39 is 0 Å². The van der Waals surface area contributed by atoms with Gasteiger partial charge in [0, 0.05) is 15.5 Å². The molecule has 0 bridgehead atoms. The molecule has 1 N–H and O–H groups in total. The van der Waals surface area contributed by atoms with Gasteiger partial charge < -0.3 is 10.1 Å². The zero-order valence-electron chi connectivity index (χ0n) is 12.6. The van der Waals surface area contributed by atoms with Gasteiger partial charge in [-0.2, -0.15) is 0 Å². The summed E-state index contributed by atoms with van der Waals surface area (Å²) in [4.78, 5) is 25.8. The molecule has 1 heterocycles. The molecule has 0 saturated carbocycles. The number of fused-ring (bicyclic) bond motifs is 1. The van der Waals surface area contributed by atoms with Crippen LogP contribution in [0.5, 0.6) is 0 Å². The molecule has 1 aromatic carbocycles. The second kappa shape index (κ2) is 6.72. The maximum atomic E-state index is 12.4. The number of carbonyl (C=O) groups excluding carboxylic acids is 2. The van der Waals surface area contributed by atoms with Crippen molar-refractivity contribution in [2.75, 3.05) is 11.9 Å². The fourth-order valence-corrected chi connectivity index (χ4v) is 4.18. The van der Waals surface area contributed by atoms with E-state index in [1.165, 1.54) is 11.3 Å². The summed E-state index contributed by atoms with van der Waals surface area (Å²) < 4.78 is 5.15. The minimum absolute atomic E-state index is 0.280. The lowest BCUT2D eigenvalue weighted by Crippen LogP contribution is -2.15. The third-order valence-electron chi connectivity index (χ3n) is 3.71. The normalized spacial score (nSPS) is 12.8. The van der Waals surface area contributed by atoms with Crippen LogP contribution in [0.1, 0.15) is 44.5 Å². The summed E-state index contributed by atoms with van der Waals surface area (Å²) in [5.74, 6) is -0.647. The van der Waals surface area contributed by atoms with Crippen LogP contribution in [0.3, 0.4) is 0 Å². The highest BCUT2D eigenvalue weighted by molar-refractivity contribution is 7.17. The first-order chi connectivity index (χ1) is 11.1. The van der Waals surface area contributed by atoms with Gasteiger partial charge in [-0.15, -0.1) is 11.3 Å². The van der Waals surface area contributed by atoms with Crippen molar-refractivity contribution in [1.82, 2.24) is 0 Å². The summed E-state index contributed by atoms with van der Waals surface area (Å²) in [7, 11) is 0. The highest BCUT2D eigenvalue weighted by atomic mass is 35.5. The summed E-state index contributed by atoms with van der Waals surface area (Å²) >= 11 is 7.39. The van der Waals surface area contributed by atoms with Crippen LogP contribution >= 0.6 is 22.9 Å². The van der Waals surface area contributed by atoms with Crippen LogP contribution in [0.15, 0.2) is 24.3 Å². The molecule has 0 unspecified atom stereocenters. The number of nitrogens with one attached hydrogen (secondary N) is 1. The van der Waals surface area contributed by atoms with Crippen molar-refractivity contribution >= 4 is 39.8 Å². The average molecular weight is 350 g/mol. The number of aryl methyl sites for hydroxylation is 1. The highest BCUT2D eigenvalue weighted by Crippen LogP contribution is 2.39. The summed E-state index contributed by atoms with van der Waals surface area (Å²) in [6, 6.07) is 6.72. The zero-order valence-corrected chi connectivity index (χ0v) is 14.2. The lowest BCUT2D eigenvalue weighted by atomic mass is 10.1. The lowest BCUT2D eigenvalue weighted by Gasteiger charge is -2.08. The summed E-state index contributed by atoms with van der Waals surface area (Å²) in [6.45, 7) is 2.08. The number of halogens is 1. The molecule has 1 aromatic heterocycles. The van der Waals surface area contributed by atoms with E-state index in [0.29, 0.717) is 27.8 Å². The SMILES string of the molecule is CCOC(=O)c1c(NC(=O)c2cccc(Cl)c2)sc2c1CCC2. The third kappa shape index (κ3) is 3.26. The fourth-order valence-electron chi connectivity index (χ4n) is 2.72. The van der Waals surface area contributed by atoms with Crippen molar-refractivity contribution in [3.05, 3.63) is 50.9 Å². The van der Waals surface area contributed by atoms with Gasteiger partial charge in [-0.3, -0.25) is 4.79 Å². The Bertz CT molecular complexity index is 769. The Morgan fingerprint density at radius 2 is 2.17 bits per heavy atom. The van der Waals surface area contributed by atoms with Crippen molar-refractivity contribution in [3.63, 3.8) is 0 Å². The maximum absolute atomic E-state index is 12.4. The van der Waals surface area contributed by atoms with Crippen LogP contribution in [-0.4, -0.2) is 18.5 Å². The number of esters is 1. The van der Waals surface area contributed by atoms with Crippen LogP contribution in [-0.2, 0) is 17.6 Å². The van der Waals surface area contributed by atoms with Crippen LogP contribution in [0.25, 0.3) is 0 Å². The molecule has 0 radical (unpaired) electrons. The molecule has 3 rings (SSSR count). The molecular weight excluding hydrogens is 334 g/mol. The van der Waals surface area contributed by atoms with Crippen molar-refractivity contribution in [2.45, 2.75) is 26.2 Å². The standard InChI is InChI=1S/C17H16ClNO3S/c1-2-22-17(21)14-12-7-4-8-13(12)23-16(14)19-15(20)10-5-3-6-11(18)9-10/h3,5-6,9H,2,4,7-8H2,1H3,(H,19,20). The Labute approximate surface area is 143 Å². The molecule has 120 valence electrons. The van der Waals surface area contributed by atoms with Gasteiger partial charge in [0.1, 0.15) is 5.00 Å². The first kappa shape index (κ1) is 16.0. The lowest BCUT2D eigenvalue weighted by molar-refractivity contribution is 0.0527. The van der Waals surface area contributed by atoms with Crippen molar-refractivity contribution in [2.24, 2.45) is 0 Å². The molecule has 4 nitrogen and oxygen atoms in total. The Balaban J connectivity index is 1.91. The number of amides is 1. The Morgan fingerprint density at radius 1 is 1.35 bits per heavy atom. The molecule has 0 saturated heterocycles. The first-order valence-electron chi connectivity index (χ1n) is 7.48. The second-order valence-corrected chi connectivity index (χ2v) is 6.79. The van der Waals surface area contributed by atoms with Gasteiger partial charge in [0.2, 0.25) is 0 Å². The predicted molar refractivity (Wildman–Crippen MR) is 91.7 cm³/mol. The molecule has 0 atom stereocenters. The van der Waals surface area contributed by atoms with Gasteiger partial charge in [-0.25, -0.2) is 4.79 Å². The van der Waals surface area contributed by atoms with Crippen LogP contribution in [0.4, 0.5) is 5.00 Å². The molecule has 6 heteroatoms. The van der Waals surface area contributed by atoms with E-state index in [-0.39, 0.29) is 11.9 Å². The summed E-state index contributed by atoms with van der Waals surface area (Å²) in [5.41, 5.74) is 2.00. The molecule has 23 heavy (non-hydrogen) atoms. The number of thiophene rings is 1. The molecule has 0 aliphatic heterocycles. The number of carbonyl (C=O) groups is 2. The van der Waals surface area contributed by atoms with Crippen molar-refractivity contribution in [1.29, 1.82) is 0 Å². The number of ether oxygens (including phenoxy) is 1. The fraction of sp³-hybridized carbons (Fsp3) is 0.294. The second-order valence-electron chi connectivity index (χ2n) is 5.25. The number of anilines is 1. The smallest absolute Gasteiger partial charge is 0.341 e. The third-order valence-corrected chi connectivity index (χ3v) is 5.16. The molecule has 1 amide bonds. The molecule has 1 aliphatic rings. The van der Waals surface area contributed by atoms with Gasteiger partial charge in [0.15, 0.2) is 0 Å². The number of benzene rings is 1. The predicted octanol–water partition coefficient (Wildman–Crippen LogP) is 4.32. The van der Waals surface area contributed by atoms with E-state index in [9.17, 15) is 9.59 Å². The van der Waals surface area contributed by atoms with E-state index in [4.69, 9.17) is 16.3 Å². The number of hydrogen-bond acceptors (Lipinski definition) is 4. The molecule has 1 aliphatic carbocycles. The summed E-state index contributed by atoms with van der Waals surface area (Å²) in [5, 5.41) is 3.91. The van der Waals surface area contributed by atoms with E-state index in [1.807, 2.05) is 0 Å². The monoisotopic (exact) mass is 349 g/mol. The quantitative estimate of drug-likeness (QED) is 0.836. The minimum atomic E-state index is -0.367. The van der Waals surface area contributed by atoms with Crippen molar-refractivity contribution in [3.8, 4) is 0 Å². The van der Waals surface area contributed by atoms with Gasteiger partial charge in [0.05, 0.1) is 12.2 Å². The Morgan fingerprint density at radius 3 is 2.91 bits per heavy atom. The van der Waals surface area contributed by atoms with E-state index >= 15 is 0 Å². The van der Waals surface area contributed by atoms with Crippen LogP contribution in [0, 0.1) is 0 Å². The van der Waals surface area contributed by atoms with Crippen molar-refractivity contribution < 1.29 is 14.3 Å². The van der Waals surface area contributed by atoms with Gasteiger partial charge in [-0.05, 0) is 49.9 Å². The average Bonchev–Trinajstić information content (AvgIpc) is 3.07. The van der Waals surface area contributed by atoms with E-state index in [0.717, 1.165) is 29.7 Å². The molecule has 0 spiro atoms. The van der Waals surface area contributed by atoms with Crippen LogP contribution in [0.2, 0.25) is 5.02 Å². The first-order valence-corrected chi connectivity index (χ1v) is 8.68. The van der Waals surface area contributed by atoms with Gasteiger partial charge >= 0.3 is 5.97 Å². The maximum Gasteiger partial charge on any atom is 0.341 e. The number of hydrogen-bond donors (Lipinski definition) is 1. The highest BCUT2D eigenvalue weighted by Gasteiger charge is 2.28. The van der Waals surface area contributed by atoms with Crippen LogP contribution < -0.4 is 5.32 Å². The van der Waals surface area contributed by atoms with Gasteiger partial charge in [-0.1, -0.05) is 17.7 Å². The molecule has 0 fully saturated rings. The van der Waals surface area contributed by atoms with E-state index in [1.54, 1.807) is 31.2 Å². The number of rotatable bonds is 4.